The zero-order chi connectivity index (χ0) is 27.4. The van der Waals surface area contributed by atoms with E-state index >= 15 is 0 Å². The van der Waals surface area contributed by atoms with Gasteiger partial charge in [-0.15, -0.1) is 0 Å². The van der Waals surface area contributed by atoms with Gasteiger partial charge < -0.3 is 14.6 Å². The molecule has 3 aromatic carbocycles. The molecular weight excluding hydrogens is 499 g/mol. The molecule has 198 valence electrons. The summed E-state index contributed by atoms with van der Waals surface area (Å²) in [7, 11) is 1.53. The third-order valence-electron chi connectivity index (χ3n) is 6.34. The normalized spacial score (nSPS) is 11.6. The van der Waals surface area contributed by atoms with E-state index in [0.717, 1.165) is 11.6 Å². The van der Waals surface area contributed by atoms with Crippen LogP contribution in [0.1, 0.15) is 38.3 Å². The van der Waals surface area contributed by atoms with Gasteiger partial charge in [-0.2, -0.15) is 13.2 Å². The Morgan fingerprint density at radius 3 is 2.29 bits per heavy atom. The van der Waals surface area contributed by atoms with E-state index in [-0.39, 0.29) is 37.5 Å². The molecule has 1 heterocycles. The van der Waals surface area contributed by atoms with Gasteiger partial charge in [0.25, 0.3) is 5.91 Å². The molecule has 1 N–H and O–H groups in total. The number of carbonyl (C=O) groups is 2. The van der Waals surface area contributed by atoms with E-state index < -0.39 is 17.7 Å². The van der Waals surface area contributed by atoms with Crippen molar-refractivity contribution in [3.8, 4) is 5.75 Å². The molecule has 6 nitrogen and oxygen atoms in total. The van der Waals surface area contributed by atoms with Crippen LogP contribution >= 0.6 is 0 Å². The second-order valence-electron chi connectivity index (χ2n) is 8.80. The molecule has 0 fully saturated rings. The maximum Gasteiger partial charge on any atom is 0.416 e. The Morgan fingerprint density at radius 2 is 1.63 bits per heavy atom. The highest BCUT2D eigenvalue weighted by Gasteiger charge is 2.32. The summed E-state index contributed by atoms with van der Waals surface area (Å²) in [5.41, 5.74) is 2.40. The largest absolute Gasteiger partial charge is 0.493 e. The molecule has 0 unspecified atom stereocenters. The average Bonchev–Trinajstić information content (AvgIpc) is 3.15. The number of nitrogens with zero attached hydrogens (tertiary/aromatic N) is 1. The fourth-order valence-corrected chi connectivity index (χ4v) is 4.63. The van der Waals surface area contributed by atoms with Gasteiger partial charge in [0.05, 0.1) is 30.7 Å². The third kappa shape index (κ3) is 5.57. The van der Waals surface area contributed by atoms with Crippen molar-refractivity contribution in [1.29, 1.82) is 0 Å². The van der Waals surface area contributed by atoms with Crippen molar-refractivity contribution in [3.05, 3.63) is 100 Å². The van der Waals surface area contributed by atoms with Crippen LogP contribution in [0.25, 0.3) is 10.9 Å². The molecule has 0 saturated carbocycles. The molecule has 0 bridgehead atoms. The Bertz CT molecular complexity index is 1470. The first kappa shape index (κ1) is 26.9. The lowest BCUT2D eigenvalue weighted by Crippen LogP contribution is -2.14. The zero-order valence-corrected chi connectivity index (χ0v) is 20.8. The standard InChI is InChI=1S/C29H26F3NO5/c1-18-23(17-37-2)27-21(16-26(34)35)7-5-9-25(27)33(18)28(36)20-10-12-22(13-11-20)38-15-14-19-6-3-4-8-24(19)29(30,31)32/h3-13H,14-17H2,1-2H3,(H,34,35). The second kappa shape index (κ2) is 11.1. The number of hydrogen-bond acceptors (Lipinski definition) is 4. The number of carboxylic acids is 1. The van der Waals surface area contributed by atoms with Crippen LogP contribution in [-0.4, -0.2) is 35.3 Å². The van der Waals surface area contributed by atoms with E-state index in [4.69, 9.17) is 9.47 Å². The molecule has 4 aromatic rings. The number of fused-ring (bicyclic) bond motifs is 1. The summed E-state index contributed by atoms with van der Waals surface area (Å²) in [5.74, 6) is -0.869. The van der Waals surface area contributed by atoms with Gasteiger partial charge in [0, 0.05) is 35.7 Å². The number of aromatic nitrogens is 1. The molecule has 0 amide bonds. The monoisotopic (exact) mass is 525 g/mol. The highest BCUT2D eigenvalue weighted by Crippen LogP contribution is 2.33. The van der Waals surface area contributed by atoms with E-state index in [1.807, 2.05) is 0 Å². The summed E-state index contributed by atoms with van der Waals surface area (Å²) in [4.78, 5) is 24.9. The number of carboxylic acid groups (broad SMARTS) is 1. The number of carbonyl (C=O) groups excluding carboxylic acids is 1. The lowest BCUT2D eigenvalue weighted by atomic mass is 10.0. The minimum Gasteiger partial charge on any atom is -0.493 e. The minimum atomic E-state index is -4.43. The Kier molecular flexibility index (Phi) is 7.87. The Hall–Kier alpha value is -4.11. The van der Waals surface area contributed by atoms with Crippen LogP contribution in [0.15, 0.2) is 66.7 Å². The van der Waals surface area contributed by atoms with E-state index in [9.17, 15) is 27.9 Å². The van der Waals surface area contributed by atoms with Gasteiger partial charge in [0.1, 0.15) is 5.75 Å². The summed E-state index contributed by atoms with van der Waals surface area (Å²) >= 11 is 0. The van der Waals surface area contributed by atoms with Gasteiger partial charge in [-0.1, -0.05) is 30.3 Å². The van der Waals surface area contributed by atoms with E-state index in [1.54, 1.807) is 60.0 Å². The van der Waals surface area contributed by atoms with Gasteiger partial charge in [-0.25, -0.2) is 0 Å². The van der Waals surface area contributed by atoms with Crippen molar-refractivity contribution in [2.24, 2.45) is 0 Å². The fraction of sp³-hybridized carbons (Fsp3) is 0.241. The van der Waals surface area contributed by atoms with Gasteiger partial charge in [0.15, 0.2) is 0 Å². The van der Waals surface area contributed by atoms with Gasteiger partial charge >= 0.3 is 12.1 Å². The molecule has 9 heteroatoms. The van der Waals surface area contributed by atoms with E-state index in [0.29, 0.717) is 33.5 Å². The molecule has 0 aliphatic rings. The summed E-state index contributed by atoms with van der Waals surface area (Å²) in [6.07, 6.45) is -4.55. The fourth-order valence-electron chi connectivity index (χ4n) is 4.63. The summed E-state index contributed by atoms with van der Waals surface area (Å²) < 4.78 is 52.1. The lowest BCUT2D eigenvalue weighted by Gasteiger charge is -2.13. The topological polar surface area (TPSA) is 77.8 Å². The number of benzene rings is 3. The molecular formula is C29H26F3NO5. The average molecular weight is 526 g/mol. The van der Waals surface area contributed by atoms with Crippen LogP contribution in [0, 0.1) is 6.92 Å². The first-order valence-corrected chi connectivity index (χ1v) is 11.9. The molecule has 0 spiro atoms. The molecule has 0 aliphatic heterocycles. The summed E-state index contributed by atoms with van der Waals surface area (Å²) in [6, 6.07) is 16.9. The number of alkyl halides is 3. The molecule has 4 rings (SSSR count). The Morgan fingerprint density at radius 1 is 0.947 bits per heavy atom. The number of rotatable bonds is 9. The van der Waals surface area contributed by atoms with E-state index in [2.05, 4.69) is 0 Å². The van der Waals surface area contributed by atoms with Crippen LogP contribution in [0.5, 0.6) is 5.75 Å². The SMILES string of the molecule is COCc1c(C)n(C(=O)c2ccc(OCCc3ccccc3C(F)(F)F)cc2)c2cccc(CC(=O)O)c12. The van der Waals surface area contributed by atoms with Crippen LogP contribution in [0.2, 0.25) is 0 Å². The number of halogens is 3. The van der Waals surface area contributed by atoms with Crippen molar-refractivity contribution < 1.29 is 37.3 Å². The minimum absolute atomic E-state index is 0.0362. The van der Waals surface area contributed by atoms with Crippen molar-refractivity contribution in [2.45, 2.75) is 32.5 Å². The highest BCUT2D eigenvalue weighted by atomic mass is 19.4. The first-order valence-electron chi connectivity index (χ1n) is 11.9. The summed E-state index contributed by atoms with van der Waals surface area (Å²) in [5, 5.41) is 10.0. The molecule has 1 aromatic heterocycles. The number of methoxy groups -OCH3 is 1. The maximum atomic E-state index is 13.5. The number of ether oxygens (including phenoxy) is 2. The van der Waals surface area contributed by atoms with Crippen LogP contribution < -0.4 is 4.74 Å². The number of aliphatic carboxylic acids is 1. The van der Waals surface area contributed by atoms with E-state index in [1.165, 1.54) is 19.2 Å². The molecule has 38 heavy (non-hydrogen) atoms. The number of hydrogen-bond donors (Lipinski definition) is 1. The molecule has 0 radical (unpaired) electrons. The Balaban J connectivity index is 1.55. The molecule has 0 atom stereocenters. The highest BCUT2D eigenvalue weighted by molar-refractivity contribution is 6.05. The second-order valence-corrected chi connectivity index (χ2v) is 8.80. The van der Waals surface area contributed by atoms with Crippen molar-refractivity contribution in [3.63, 3.8) is 0 Å². The first-order chi connectivity index (χ1) is 18.1. The van der Waals surface area contributed by atoms with Crippen molar-refractivity contribution in [1.82, 2.24) is 4.57 Å². The smallest absolute Gasteiger partial charge is 0.416 e. The third-order valence-corrected chi connectivity index (χ3v) is 6.34. The zero-order valence-electron chi connectivity index (χ0n) is 20.8. The van der Waals surface area contributed by atoms with Gasteiger partial charge in [-0.05, 0) is 54.4 Å². The van der Waals surface area contributed by atoms with Crippen LogP contribution in [-0.2, 0) is 35.2 Å². The quantitative estimate of drug-likeness (QED) is 0.288. The predicted molar refractivity (Wildman–Crippen MR) is 136 cm³/mol. The van der Waals surface area contributed by atoms with Gasteiger partial charge in [-0.3, -0.25) is 14.2 Å². The maximum absolute atomic E-state index is 13.5. The summed E-state index contributed by atoms with van der Waals surface area (Å²) in [6.45, 7) is 2.03. The molecule has 0 saturated heterocycles. The van der Waals surface area contributed by atoms with Crippen LogP contribution in [0.4, 0.5) is 13.2 Å². The lowest BCUT2D eigenvalue weighted by molar-refractivity contribution is -0.138. The van der Waals surface area contributed by atoms with Crippen LogP contribution in [0.3, 0.4) is 0 Å². The predicted octanol–water partition coefficient (Wildman–Crippen LogP) is 6.05. The van der Waals surface area contributed by atoms with Crippen molar-refractivity contribution >= 4 is 22.8 Å². The van der Waals surface area contributed by atoms with Crippen molar-refractivity contribution in [2.75, 3.05) is 13.7 Å². The molecule has 0 aliphatic carbocycles. The van der Waals surface area contributed by atoms with Gasteiger partial charge in [0.2, 0.25) is 0 Å². The Labute approximate surface area is 217 Å².